The van der Waals surface area contributed by atoms with E-state index in [1.54, 1.807) is 4.74 Å². The van der Waals surface area contributed by atoms with Crippen molar-refractivity contribution in [3.8, 4) is 17.1 Å². The SMILES string of the molecule is CCCCc1cc2c(=O)cc3ncnc-3c=2on1-c1ccccc1. The number of aromatic nitrogens is 3. The van der Waals surface area contributed by atoms with E-state index in [9.17, 15) is 4.79 Å². The van der Waals surface area contributed by atoms with E-state index < -0.39 is 0 Å². The number of hydrogen-bond acceptors (Lipinski definition) is 4. The van der Waals surface area contributed by atoms with Crippen LogP contribution in [0.2, 0.25) is 0 Å². The van der Waals surface area contributed by atoms with Gasteiger partial charge in [0.05, 0.1) is 22.3 Å². The summed E-state index contributed by atoms with van der Waals surface area (Å²) in [6, 6.07) is 13.3. The van der Waals surface area contributed by atoms with Crippen molar-refractivity contribution < 1.29 is 4.52 Å². The highest BCUT2D eigenvalue weighted by molar-refractivity contribution is 5.55. The van der Waals surface area contributed by atoms with Crippen LogP contribution in [-0.2, 0) is 6.42 Å². The number of para-hydroxylation sites is 1. The van der Waals surface area contributed by atoms with Crippen molar-refractivity contribution in [2.24, 2.45) is 0 Å². The van der Waals surface area contributed by atoms with E-state index in [1.807, 2.05) is 36.4 Å². The molecule has 24 heavy (non-hydrogen) atoms. The average molecular weight is 319 g/mol. The Hall–Kier alpha value is -2.95. The summed E-state index contributed by atoms with van der Waals surface area (Å²) in [5.41, 5.74) is 3.49. The summed E-state index contributed by atoms with van der Waals surface area (Å²) in [7, 11) is 0. The van der Waals surface area contributed by atoms with Crippen LogP contribution < -0.4 is 5.43 Å². The quantitative estimate of drug-likeness (QED) is 0.578. The molecule has 0 saturated heterocycles. The van der Waals surface area contributed by atoms with Gasteiger partial charge in [-0.15, -0.1) is 0 Å². The van der Waals surface area contributed by atoms with Crippen molar-refractivity contribution in [3.05, 3.63) is 75.3 Å². The van der Waals surface area contributed by atoms with Gasteiger partial charge < -0.3 is 4.52 Å². The third kappa shape index (κ3) is 2.38. The van der Waals surface area contributed by atoms with Crippen molar-refractivity contribution in [1.29, 1.82) is 0 Å². The van der Waals surface area contributed by atoms with Crippen molar-refractivity contribution in [2.75, 3.05) is 0 Å². The predicted molar refractivity (Wildman–Crippen MR) is 90.4 cm³/mol. The van der Waals surface area contributed by atoms with Crippen LogP contribution in [0.5, 0.6) is 0 Å². The lowest BCUT2D eigenvalue weighted by atomic mass is 10.1. The first-order valence-electron chi connectivity index (χ1n) is 8.13. The van der Waals surface area contributed by atoms with Crippen LogP contribution in [0.4, 0.5) is 0 Å². The Morgan fingerprint density at radius 1 is 1.12 bits per heavy atom. The van der Waals surface area contributed by atoms with E-state index in [0.717, 1.165) is 30.6 Å². The molecule has 2 heterocycles. The summed E-state index contributed by atoms with van der Waals surface area (Å²) in [6.45, 7) is 2.15. The van der Waals surface area contributed by atoms with Crippen LogP contribution in [0.25, 0.3) is 17.1 Å². The van der Waals surface area contributed by atoms with Gasteiger partial charge in [-0.25, -0.2) is 9.97 Å². The first-order valence-corrected chi connectivity index (χ1v) is 8.13. The third-order valence-corrected chi connectivity index (χ3v) is 4.15. The van der Waals surface area contributed by atoms with Gasteiger partial charge in [-0.3, -0.25) is 4.79 Å². The van der Waals surface area contributed by atoms with E-state index in [4.69, 9.17) is 4.52 Å². The number of nitrogens with zero attached hydrogens (tertiary/aromatic N) is 3. The zero-order chi connectivity index (χ0) is 16.5. The lowest BCUT2D eigenvalue weighted by molar-refractivity contribution is 0.295. The van der Waals surface area contributed by atoms with Gasteiger partial charge in [0, 0.05) is 6.07 Å². The number of benzene rings is 1. The Labute approximate surface area is 138 Å². The Balaban J connectivity index is 2.07. The van der Waals surface area contributed by atoms with Gasteiger partial charge in [-0.1, -0.05) is 31.5 Å². The molecule has 2 aliphatic heterocycles. The second kappa shape index (κ2) is 5.92. The van der Waals surface area contributed by atoms with Crippen molar-refractivity contribution in [1.82, 2.24) is 14.7 Å². The molecule has 0 fully saturated rings. The van der Waals surface area contributed by atoms with Crippen LogP contribution in [-0.4, -0.2) is 14.7 Å². The zero-order valence-electron chi connectivity index (χ0n) is 13.4. The Bertz CT molecular complexity index is 1070. The summed E-state index contributed by atoms with van der Waals surface area (Å²) >= 11 is 0. The van der Waals surface area contributed by atoms with Crippen LogP contribution in [0.15, 0.2) is 58.1 Å². The molecule has 3 aliphatic rings. The highest BCUT2D eigenvalue weighted by atomic mass is 16.5. The summed E-state index contributed by atoms with van der Waals surface area (Å²) in [6.07, 6.45) is 4.40. The van der Waals surface area contributed by atoms with Gasteiger partial charge in [-0.2, -0.15) is 4.74 Å². The summed E-state index contributed by atoms with van der Waals surface area (Å²) in [5, 5.41) is 0.557. The lowest BCUT2D eigenvalue weighted by Gasteiger charge is -2.13. The van der Waals surface area contributed by atoms with Gasteiger partial charge in [0.15, 0.2) is 10.8 Å². The average Bonchev–Trinajstić information content (AvgIpc) is 3.08. The summed E-state index contributed by atoms with van der Waals surface area (Å²) in [5.74, 6) is 0. The number of unbranched alkanes of at least 4 members (excludes halogenated alkanes) is 1. The standard InChI is InChI=1S/C19H17N3O2/c1-2-3-7-14-10-15-17(23)11-16-18(21-12-20-16)19(15)24-22(14)13-8-5-4-6-9-13/h4-6,8-12H,2-3,7H2,1H3. The fourth-order valence-electron chi connectivity index (χ4n) is 2.92. The highest BCUT2D eigenvalue weighted by Crippen LogP contribution is 2.21. The van der Waals surface area contributed by atoms with Crippen molar-refractivity contribution in [3.63, 3.8) is 0 Å². The Morgan fingerprint density at radius 3 is 2.75 bits per heavy atom. The van der Waals surface area contributed by atoms with Gasteiger partial charge in [0.2, 0.25) is 0 Å². The molecule has 120 valence electrons. The lowest BCUT2D eigenvalue weighted by Crippen LogP contribution is -2.11. The number of imidazole rings is 1. The molecule has 0 radical (unpaired) electrons. The fourth-order valence-corrected chi connectivity index (χ4v) is 2.92. The van der Waals surface area contributed by atoms with Crippen LogP contribution >= 0.6 is 0 Å². The maximum absolute atomic E-state index is 12.4. The van der Waals surface area contributed by atoms with Crippen LogP contribution in [0.1, 0.15) is 25.5 Å². The molecule has 0 aromatic heterocycles. The first kappa shape index (κ1) is 14.6. The van der Waals surface area contributed by atoms with E-state index in [0.29, 0.717) is 22.0 Å². The first-order chi connectivity index (χ1) is 11.8. The van der Waals surface area contributed by atoms with Crippen LogP contribution in [0.3, 0.4) is 0 Å². The van der Waals surface area contributed by atoms with Gasteiger partial charge >= 0.3 is 0 Å². The zero-order valence-corrected chi connectivity index (χ0v) is 13.4. The van der Waals surface area contributed by atoms with Gasteiger partial charge in [0.1, 0.15) is 12.0 Å². The molecule has 1 aromatic carbocycles. The normalized spacial score (nSPS) is 11.4. The number of hydrogen-bond donors (Lipinski definition) is 0. The van der Waals surface area contributed by atoms with Crippen LogP contribution in [0, 0.1) is 10.6 Å². The van der Waals surface area contributed by atoms with Crippen molar-refractivity contribution >= 4 is 0 Å². The number of rotatable bonds is 4. The molecule has 5 nitrogen and oxygen atoms in total. The second-order valence-electron chi connectivity index (χ2n) is 5.82. The maximum atomic E-state index is 12.4. The molecule has 0 spiro atoms. The highest BCUT2D eigenvalue weighted by Gasteiger charge is 2.16. The molecular weight excluding hydrogens is 302 g/mol. The topological polar surface area (TPSA) is 60.9 Å². The number of fused-ring (bicyclic) bond motifs is 2. The minimum atomic E-state index is -0.0836. The maximum Gasteiger partial charge on any atom is 0.194 e. The van der Waals surface area contributed by atoms with Gasteiger partial charge in [0.25, 0.3) is 0 Å². The molecule has 0 atom stereocenters. The predicted octanol–water partition coefficient (Wildman–Crippen LogP) is 3.39. The molecule has 5 heteroatoms. The van der Waals surface area contributed by atoms with Gasteiger partial charge in [-0.05, 0) is 31.0 Å². The Kier molecular flexibility index (Phi) is 3.61. The minimum absolute atomic E-state index is 0.0836. The molecule has 0 amide bonds. The van der Waals surface area contributed by atoms with E-state index in [1.165, 1.54) is 12.4 Å². The molecule has 0 unspecified atom stereocenters. The molecule has 0 saturated carbocycles. The summed E-state index contributed by atoms with van der Waals surface area (Å²) in [4.78, 5) is 20.8. The minimum Gasteiger partial charge on any atom is -0.372 e. The molecule has 0 N–H and O–H groups in total. The molecule has 1 aromatic rings. The molecule has 4 rings (SSSR count). The largest absolute Gasteiger partial charge is 0.372 e. The number of aryl methyl sites for hydroxylation is 1. The monoisotopic (exact) mass is 319 g/mol. The second-order valence-corrected chi connectivity index (χ2v) is 5.82. The molecule has 1 aliphatic carbocycles. The van der Waals surface area contributed by atoms with E-state index >= 15 is 0 Å². The molecular formula is C19H17N3O2. The Morgan fingerprint density at radius 2 is 1.96 bits per heavy atom. The third-order valence-electron chi connectivity index (χ3n) is 4.15. The molecule has 0 bridgehead atoms. The van der Waals surface area contributed by atoms with E-state index in [-0.39, 0.29) is 5.43 Å². The van der Waals surface area contributed by atoms with E-state index in [2.05, 4.69) is 16.9 Å². The smallest absolute Gasteiger partial charge is 0.194 e. The summed E-state index contributed by atoms with van der Waals surface area (Å²) < 4.78 is 7.94. The van der Waals surface area contributed by atoms with Crippen molar-refractivity contribution in [2.45, 2.75) is 26.2 Å². The fraction of sp³-hybridized carbons (Fsp3) is 0.211.